The van der Waals surface area contributed by atoms with Gasteiger partial charge in [0.15, 0.2) is 5.69 Å². The molecular weight excluding hydrogens is 330 g/mol. The van der Waals surface area contributed by atoms with E-state index in [2.05, 4.69) is 11.8 Å². The highest BCUT2D eigenvalue weighted by Gasteiger charge is 2.40. The second-order valence-electron chi connectivity index (χ2n) is 6.67. The van der Waals surface area contributed by atoms with Gasteiger partial charge in [-0.05, 0) is 13.3 Å². The summed E-state index contributed by atoms with van der Waals surface area (Å²) in [4.78, 5) is 27.6. The fraction of sp³-hybridized carbons (Fsp3) is 0.571. The molecule has 1 atom stereocenters. The van der Waals surface area contributed by atoms with Gasteiger partial charge in [-0.15, -0.1) is 0 Å². The molecule has 0 aliphatic rings. The largest absolute Gasteiger partial charge is 0.463 e. The summed E-state index contributed by atoms with van der Waals surface area (Å²) >= 11 is 0. The van der Waals surface area contributed by atoms with Crippen LogP contribution in [0.15, 0.2) is 24.3 Å². The number of ketones is 1. The first kappa shape index (κ1) is 21.9. The second-order valence-corrected chi connectivity index (χ2v) is 6.67. The standard InChI is InChI=1S/C21H29NO4/c1-4-5-6-7-8-9-10-11-16-26-20(24)21(2,25)19(23)17-12-14-18(22-3)15-13-17/h12-15,25H,4-11,16H2,1-2H3. The predicted octanol–water partition coefficient (Wildman–Crippen LogP) is 4.85. The Kier molecular flexibility index (Phi) is 9.61. The molecule has 0 spiro atoms. The average Bonchev–Trinajstić information content (AvgIpc) is 2.65. The fourth-order valence-electron chi connectivity index (χ4n) is 2.60. The molecule has 1 aromatic carbocycles. The number of rotatable bonds is 12. The molecule has 0 bridgehead atoms. The van der Waals surface area contributed by atoms with Gasteiger partial charge in [0.05, 0.1) is 13.2 Å². The van der Waals surface area contributed by atoms with Crippen LogP contribution in [0.3, 0.4) is 0 Å². The van der Waals surface area contributed by atoms with Crippen LogP contribution in [-0.2, 0) is 9.53 Å². The zero-order valence-electron chi connectivity index (χ0n) is 15.8. The van der Waals surface area contributed by atoms with E-state index in [0.29, 0.717) is 5.69 Å². The van der Waals surface area contributed by atoms with Gasteiger partial charge >= 0.3 is 5.97 Å². The minimum atomic E-state index is -2.22. The van der Waals surface area contributed by atoms with Gasteiger partial charge in [-0.3, -0.25) is 4.79 Å². The topological polar surface area (TPSA) is 68.0 Å². The van der Waals surface area contributed by atoms with Crippen LogP contribution in [0.25, 0.3) is 4.85 Å². The van der Waals surface area contributed by atoms with E-state index in [1.807, 2.05) is 0 Å². The van der Waals surface area contributed by atoms with Crippen LogP contribution >= 0.6 is 0 Å². The van der Waals surface area contributed by atoms with Gasteiger partial charge < -0.3 is 9.84 Å². The Labute approximate surface area is 156 Å². The van der Waals surface area contributed by atoms with Gasteiger partial charge in [-0.1, -0.05) is 76.1 Å². The summed E-state index contributed by atoms with van der Waals surface area (Å²) in [6, 6.07) is 5.80. The first-order chi connectivity index (χ1) is 12.4. The molecule has 1 N–H and O–H groups in total. The van der Waals surface area contributed by atoms with E-state index in [1.165, 1.54) is 56.4 Å². The van der Waals surface area contributed by atoms with Crippen molar-refractivity contribution in [1.82, 2.24) is 0 Å². The maximum absolute atomic E-state index is 12.3. The van der Waals surface area contributed by atoms with Gasteiger partial charge in [0.2, 0.25) is 11.4 Å². The molecule has 0 aliphatic heterocycles. The third-order valence-electron chi connectivity index (χ3n) is 4.33. The van der Waals surface area contributed by atoms with E-state index < -0.39 is 17.4 Å². The normalized spacial score (nSPS) is 12.8. The maximum atomic E-state index is 12.3. The van der Waals surface area contributed by atoms with Crippen LogP contribution in [0, 0.1) is 6.57 Å². The molecule has 0 radical (unpaired) electrons. The lowest BCUT2D eigenvalue weighted by molar-refractivity contribution is -0.158. The zero-order valence-corrected chi connectivity index (χ0v) is 15.8. The summed E-state index contributed by atoms with van der Waals surface area (Å²) in [6.45, 7) is 10.4. The average molecular weight is 359 g/mol. The monoisotopic (exact) mass is 359 g/mol. The Morgan fingerprint density at radius 3 is 2.12 bits per heavy atom. The highest BCUT2D eigenvalue weighted by molar-refractivity contribution is 6.14. The molecule has 0 aliphatic carbocycles. The molecule has 0 fully saturated rings. The molecule has 5 heteroatoms. The van der Waals surface area contributed by atoms with E-state index in [-0.39, 0.29) is 12.2 Å². The van der Waals surface area contributed by atoms with Crippen LogP contribution in [0.1, 0.15) is 75.6 Å². The quantitative estimate of drug-likeness (QED) is 0.190. The molecular formula is C21H29NO4. The van der Waals surface area contributed by atoms with Gasteiger partial charge in [0, 0.05) is 5.56 Å². The van der Waals surface area contributed by atoms with E-state index >= 15 is 0 Å². The van der Waals surface area contributed by atoms with Crippen molar-refractivity contribution in [3.05, 3.63) is 41.2 Å². The molecule has 26 heavy (non-hydrogen) atoms. The smallest absolute Gasteiger partial charge is 0.346 e. The zero-order chi connectivity index (χ0) is 19.4. The van der Waals surface area contributed by atoms with Crippen LogP contribution in [0.4, 0.5) is 5.69 Å². The molecule has 0 amide bonds. The number of nitrogens with zero attached hydrogens (tertiary/aromatic N) is 1. The summed E-state index contributed by atoms with van der Waals surface area (Å²) in [5.74, 6) is -1.66. The maximum Gasteiger partial charge on any atom is 0.346 e. The molecule has 0 heterocycles. The second kappa shape index (κ2) is 11.4. The summed E-state index contributed by atoms with van der Waals surface area (Å²) in [5, 5.41) is 10.3. The number of hydrogen-bond acceptors (Lipinski definition) is 4. The SMILES string of the molecule is [C-]#[N+]c1ccc(C(=O)C(C)(O)C(=O)OCCCCCCCCCC)cc1. The van der Waals surface area contributed by atoms with Gasteiger partial charge in [0.1, 0.15) is 0 Å². The summed E-state index contributed by atoms with van der Waals surface area (Å²) in [5.41, 5.74) is -1.66. The summed E-state index contributed by atoms with van der Waals surface area (Å²) < 4.78 is 5.08. The molecule has 1 aromatic rings. The Bertz CT molecular complexity index is 614. The lowest BCUT2D eigenvalue weighted by Crippen LogP contribution is -2.45. The Balaban J connectivity index is 2.35. The molecule has 1 unspecified atom stereocenters. The minimum absolute atomic E-state index is 0.173. The highest BCUT2D eigenvalue weighted by Crippen LogP contribution is 2.19. The van der Waals surface area contributed by atoms with Crippen molar-refractivity contribution < 1.29 is 19.4 Å². The fourth-order valence-corrected chi connectivity index (χ4v) is 2.60. The number of unbranched alkanes of at least 4 members (excludes halogenated alkanes) is 7. The first-order valence-electron chi connectivity index (χ1n) is 9.35. The molecule has 142 valence electrons. The minimum Gasteiger partial charge on any atom is -0.463 e. The molecule has 1 rings (SSSR count). The number of hydrogen-bond donors (Lipinski definition) is 1. The Morgan fingerprint density at radius 2 is 1.58 bits per heavy atom. The number of Topliss-reactive ketones (excluding diaryl/α,β-unsaturated/α-hetero) is 1. The van der Waals surface area contributed by atoms with E-state index in [1.54, 1.807) is 0 Å². The molecule has 0 aromatic heterocycles. The Hall–Kier alpha value is -2.19. The molecule has 5 nitrogen and oxygen atoms in total. The number of carbonyl (C=O) groups excluding carboxylic acids is 2. The van der Waals surface area contributed by atoms with Crippen LogP contribution in [0.5, 0.6) is 0 Å². The number of aliphatic hydroxyl groups is 1. The van der Waals surface area contributed by atoms with Crippen molar-refractivity contribution in [2.45, 2.75) is 70.8 Å². The third kappa shape index (κ3) is 6.97. The highest BCUT2D eigenvalue weighted by atomic mass is 16.5. The Morgan fingerprint density at radius 1 is 1.04 bits per heavy atom. The van der Waals surface area contributed by atoms with Crippen LogP contribution in [-0.4, -0.2) is 29.1 Å². The van der Waals surface area contributed by atoms with Crippen molar-refractivity contribution in [2.24, 2.45) is 0 Å². The van der Waals surface area contributed by atoms with Crippen molar-refractivity contribution in [1.29, 1.82) is 0 Å². The van der Waals surface area contributed by atoms with Crippen molar-refractivity contribution in [2.75, 3.05) is 6.61 Å². The lowest BCUT2D eigenvalue weighted by Gasteiger charge is -2.20. The predicted molar refractivity (Wildman–Crippen MR) is 101 cm³/mol. The molecule has 0 saturated carbocycles. The first-order valence-corrected chi connectivity index (χ1v) is 9.35. The number of carbonyl (C=O) groups is 2. The lowest BCUT2D eigenvalue weighted by atomic mass is 9.95. The van der Waals surface area contributed by atoms with E-state index in [0.717, 1.165) is 26.2 Å². The van der Waals surface area contributed by atoms with E-state index in [9.17, 15) is 14.7 Å². The third-order valence-corrected chi connectivity index (χ3v) is 4.33. The van der Waals surface area contributed by atoms with Crippen molar-refractivity contribution in [3.8, 4) is 0 Å². The van der Waals surface area contributed by atoms with Crippen molar-refractivity contribution in [3.63, 3.8) is 0 Å². The number of ether oxygens (including phenoxy) is 1. The van der Waals surface area contributed by atoms with Gasteiger partial charge in [0.25, 0.3) is 0 Å². The van der Waals surface area contributed by atoms with Crippen LogP contribution < -0.4 is 0 Å². The molecule has 0 saturated heterocycles. The number of benzene rings is 1. The van der Waals surface area contributed by atoms with Gasteiger partial charge in [-0.25, -0.2) is 9.64 Å². The van der Waals surface area contributed by atoms with Crippen molar-refractivity contribution >= 4 is 17.4 Å². The number of esters is 1. The summed E-state index contributed by atoms with van der Waals surface area (Å²) in [6.07, 6.45) is 9.00. The van der Waals surface area contributed by atoms with E-state index in [4.69, 9.17) is 11.3 Å². The summed E-state index contributed by atoms with van der Waals surface area (Å²) in [7, 11) is 0. The van der Waals surface area contributed by atoms with Gasteiger partial charge in [-0.2, -0.15) is 0 Å². The van der Waals surface area contributed by atoms with Crippen LogP contribution in [0.2, 0.25) is 0 Å².